The number of benzene rings is 1. The van der Waals surface area contributed by atoms with Gasteiger partial charge in [0.1, 0.15) is 36.4 Å². The number of cyclic esters (lactones) is 1. The van der Waals surface area contributed by atoms with Gasteiger partial charge in [0.05, 0.1) is 29.7 Å². The third-order valence-corrected chi connectivity index (χ3v) is 8.37. The Morgan fingerprint density at radius 1 is 1.11 bits per heavy atom. The second-order valence-corrected chi connectivity index (χ2v) is 11.0. The van der Waals surface area contributed by atoms with Gasteiger partial charge in [-0.05, 0) is 31.1 Å². The molecular formula is C27H31N5O6. The number of fused-ring (bicyclic) bond motifs is 3. The van der Waals surface area contributed by atoms with Crippen LogP contribution in [0.5, 0.6) is 0 Å². The number of nitrogens with zero attached hydrogens (tertiary/aromatic N) is 5. The first-order chi connectivity index (χ1) is 18.2. The van der Waals surface area contributed by atoms with E-state index in [1.807, 2.05) is 44.2 Å². The van der Waals surface area contributed by atoms with Gasteiger partial charge < -0.3 is 24.4 Å². The van der Waals surface area contributed by atoms with E-state index >= 15 is 0 Å². The zero-order valence-electron chi connectivity index (χ0n) is 21.6. The van der Waals surface area contributed by atoms with Gasteiger partial charge in [-0.1, -0.05) is 49.4 Å². The maximum Gasteiger partial charge on any atom is 0.313 e. The van der Waals surface area contributed by atoms with Crippen molar-refractivity contribution in [3.05, 3.63) is 48.6 Å². The van der Waals surface area contributed by atoms with Crippen molar-refractivity contribution in [3.63, 3.8) is 0 Å². The van der Waals surface area contributed by atoms with Crippen LogP contribution in [-0.4, -0.2) is 90.7 Å². The molecule has 6 atom stereocenters. The van der Waals surface area contributed by atoms with Crippen LogP contribution in [0.3, 0.4) is 0 Å². The molecule has 1 unspecified atom stereocenters. The smallest absolute Gasteiger partial charge is 0.313 e. The molecule has 11 heteroatoms. The lowest BCUT2D eigenvalue weighted by molar-refractivity contribution is -0.161. The van der Waals surface area contributed by atoms with Crippen LogP contribution >= 0.6 is 0 Å². The lowest BCUT2D eigenvalue weighted by atomic mass is 9.75. The van der Waals surface area contributed by atoms with E-state index in [-0.39, 0.29) is 38.3 Å². The minimum atomic E-state index is -1.41. The summed E-state index contributed by atoms with van der Waals surface area (Å²) in [6, 6.07) is 5.74. The average molecular weight is 522 g/mol. The first-order valence-corrected chi connectivity index (χ1v) is 12.9. The highest BCUT2D eigenvalue weighted by Gasteiger charge is 2.75. The third-order valence-electron chi connectivity index (χ3n) is 8.37. The molecule has 38 heavy (non-hydrogen) atoms. The summed E-state index contributed by atoms with van der Waals surface area (Å²) in [6.07, 6.45) is 7.06. The minimum Gasteiger partial charge on any atom is -0.461 e. The molecule has 2 aromatic rings. The van der Waals surface area contributed by atoms with Crippen LogP contribution in [0, 0.1) is 17.8 Å². The van der Waals surface area contributed by atoms with Crippen LogP contribution in [0.1, 0.15) is 20.8 Å². The Kier molecular flexibility index (Phi) is 5.69. The van der Waals surface area contributed by atoms with E-state index in [1.54, 1.807) is 34.7 Å². The second kappa shape index (κ2) is 8.74. The zero-order chi connectivity index (χ0) is 26.8. The molecule has 5 heterocycles. The van der Waals surface area contributed by atoms with Crippen LogP contribution < -0.4 is 0 Å². The van der Waals surface area contributed by atoms with E-state index in [4.69, 9.17) is 9.47 Å². The number of hydrogen-bond acceptors (Lipinski definition) is 8. The molecule has 2 saturated heterocycles. The Balaban J connectivity index is 1.46. The molecule has 1 spiro atoms. The highest BCUT2D eigenvalue weighted by molar-refractivity contribution is 5.99. The minimum absolute atomic E-state index is 0.0923. The Morgan fingerprint density at radius 3 is 2.66 bits per heavy atom. The Hall–Kier alpha value is -3.57. The standard InChI is InChI=1S/C27H31N5O6/c1-16(2)19(14-33)32-22-24(35)30(15-31-18-9-5-4-8-17(18)28-29-31)12-6-11-27(22)20(23(32)34)21-25(36)37-13-7-10-26(21,3)38-27/h4-11,16,19-22,33H,12-15H2,1-3H3/t19-,20-,21+,22?,26-,27-/m0/s1. The number of carbonyl (C=O) groups excluding carboxylic acids is 3. The van der Waals surface area contributed by atoms with Gasteiger partial charge in [0.15, 0.2) is 0 Å². The van der Waals surface area contributed by atoms with Gasteiger partial charge in [-0.15, -0.1) is 5.10 Å². The van der Waals surface area contributed by atoms with Crippen molar-refractivity contribution in [1.82, 2.24) is 24.8 Å². The summed E-state index contributed by atoms with van der Waals surface area (Å²) in [7, 11) is 0. The van der Waals surface area contributed by atoms with Crippen LogP contribution in [0.25, 0.3) is 11.0 Å². The molecule has 1 aromatic carbocycles. The van der Waals surface area contributed by atoms with Crippen molar-refractivity contribution >= 4 is 28.8 Å². The highest BCUT2D eigenvalue weighted by Crippen LogP contribution is 2.57. The molecule has 6 rings (SSSR count). The summed E-state index contributed by atoms with van der Waals surface area (Å²) in [5, 5.41) is 18.8. The van der Waals surface area contributed by atoms with Gasteiger partial charge in [0, 0.05) is 6.54 Å². The number of aliphatic hydroxyl groups is 1. The van der Waals surface area contributed by atoms with Gasteiger partial charge in [-0.3, -0.25) is 14.4 Å². The summed E-state index contributed by atoms with van der Waals surface area (Å²) < 4.78 is 13.8. The van der Waals surface area contributed by atoms with Crippen LogP contribution in [0.15, 0.2) is 48.6 Å². The van der Waals surface area contributed by atoms with Crippen molar-refractivity contribution in [1.29, 1.82) is 0 Å². The first-order valence-electron chi connectivity index (χ1n) is 12.9. The maximum atomic E-state index is 14.4. The summed E-state index contributed by atoms with van der Waals surface area (Å²) in [5.41, 5.74) is -1.06. The Bertz CT molecular complexity index is 1370. The summed E-state index contributed by atoms with van der Waals surface area (Å²) in [6.45, 7) is 5.65. The van der Waals surface area contributed by atoms with E-state index in [9.17, 15) is 19.5 Å². The molecule has 0 aliphatic carbocycles. The van der Waals surface area contributed by atoms with Crippen LogP contribution in [0.4, 0.5) is 0 Å². The van der Waals surface area contributed by atoms with Gasteiger partial charge >= 0.3 is 5.97 Å². The van der Waals surface area contributed by atoms with Gasteiger partial charge in [0.2, 0.25) is 5.91 Å². The van der Waals surface area contributed by atoms with Crippen molar-refractivity contribution in [2.24, 2.45) is 17.8 Å². The number of aliphatic hydroxyl groups excluding tert-OH is 1. The number of para-hydroxylation sites is 1. The molecule has 1 aromatic heterocycles. The molecule has 4 aliphatic rings. The van der Waals surface area contributed by atoms with Crippen LogP contribution in [0.2, 0.25) is 0 Å². The molecule has 0 radical (unpaired) electrons. The second-order valence-electron chi connectivity index (χ2n) is 11.0. The molecule has 2 amide bonds. The van der Waals surface area contributed by atoms with Crippen molar-refractivity contribution in [3.8, 4) is 0 Å². The van der Waals surface area contributed by atoms with E-state index < -0.39 is 47.0 Å². The molecule has 4 aliphatic heterocycles. The first kappa shape index (κ1) is 24.7. The van der Waals surface area contributed by atoms with Crippen molar-refractivity contribution in [2.45, 2.75) is 50.7 Å². The topological polar surface area (TPSA) is 127 Å². The van der Waals surface area contributed by atoms with Crippen molar-refractivity contribution < 1.29 is 29.0 Å². The largest absolute Gasteiger partial charge is 0.461 e. The van der Waals surface area contributed by atoms with Gasteiger partial charge in [0.25, 0.3) is 5.91 Å². The summed E-state index contributed by atoms with van der Waals surface area (Å²) in [4.78, 5) is 44.9. The molecule has 0 saturated carbocycles. The summed E-state index contributed by atoms with van der Waals surface area (Å²) in [5.74, 6) is -3.34. The fourth-order valence-corrected chi connectivity index (χ4v) is 6.63. The van der Waals surface area contributed by atoms with E-state index in [1.165, 1.54) is 4.90 Å². The van der Waals surface area contributed by atoms with Gasteiger partial charge in [-0.25, -0.2) is 4.68 Å². The lowest BCUT2D eigenvalue weighted by Crippen LogP contribution is -2.59. The number of amides is 2. The predicted octanol–water partition coefficient (Wildman–Crippen LogP) is 0.888. The highest BCUT2D eigenvalue weighted by atomic mass is 16.6. The number of esters is 1. The molecular weight excluding hydrogens is 490 g/mol. The maximum absolute atomic E-state index is 14.4. The monoisotopic (exact) mass is 521 g/mol. The van der Waals surface area contributed by atoms with Crippen LogP contribution in [-0.2, 0) is 30.5 Å². The normalized spacial score (nSPS) is 33.3. The third kappa shape index (κ3) is 3.37. The van der Waals surface area contributed by atoms with E-state index in [2.05, 4.69) is 10.3 Å². The molecule has 11 nitrogen and oxygen atoms in total. The quantitative estimate of drug-likeness (QED) is 0.454. The zero-order valence-corrected chi connectivity index (χ0v) is 21.6. The van der Waals surface area contributed by atoms with E-state index in [0.717, 1.165) is 5.52 Å². The Morgan fingerprint density at radius 2 is 1.89 bits per heavy atom. The predicted molar refractivity (Wildman–Crippen MR) is 134 cm³/mol. The van der Waals surface area contributed by atoms with Crippen molar-refractivity contribution in [2.75, 3.05) is 19.8 Å². The molecule has 0 bridgehead atoms. The average Bonchev–Trinajstić information content (AvgIpc) is 3.40. The fraction of sp³-hybridized carbons (Fsp3) is 0.519. The number of aromatic nitrogens is 3. The number of likely N-dealkylation sites (tertiary alicyclic amines) is 1. The molecule has 2 fully saturated rings. The molecule has 1 N–H and O–H groups in total. The summed E-state index contributed by atoms with van der Waals surface area (Å²) >= 11 is 0. The SMILES string of the molecule is CC(C)[C@H](CO)N1C(=O)[C@@H]2[C@@H]3C(=O)OCC=C[C@]3(C)O[C@@]23C=CCN(Cn2nnc4ccccc42)C(=O)C13. The van der Waals surface area contributed by atoms with E-state index in [0.29, 0.717) is 5.52 Å². The fourth-order valence-electron chi connectivity index (χ4n) is 6.63. The lowest BCUT2D eigenvalue weighted by Gasteiger charge is -2.41. The number of rotatable bonds is 5. The molecule has 200 valence electrons. The van der Waals surface area contributed by atoms with Gasteiger partial charge in [-0.2, -0.15) is 0 Å². The Labute approximate surface area is 219 Å². The number of ether oxygens (including phenoxy) is 2. The number of hydrogen-bond donors (Lipinski definition) is 1. The number of carbonyl (C=O) groups is 3.